The zero-order valence-corrected chi connectivity index (χ0v) is 16.2. The SMILES string of the molecule is O=C(NS(=O)(=O)c1ncccc1Br)c1cc2c(F)cc(N3CCC3)cc2o1. The van der Waals surface area contributed by atoms with E-state index in [2.05, 4.69) is 20.9 Å². The van der Waals surface area contributed by atoms with Gasteiger partial charge >= 0.3 is 5.91 Å². The lowest BCUT2D eigenvalue weighted by Gasteiger charge is -2.33. The average Bonchev–Trinajstić information content (AvgIpc) is 2.98. The number of nitrogens with one attached hydrogen (secondary N) is 1. The van der Waals surface area contributed by atoms with Crippen LogP contribution in [0.4, 0.5) is 10.1 Å². The van der Waals surface area contributed by atoms with E-state index < -0.39 is 21.7 Å². The van der Waals surface area contributed by atoms with Gasteiger partial charge in [0.1, 0.15) is 11.4 Å². The summed E-state index contributed by atoms with van der Waals surface area (Å²) in [5, 5.41) is -0.221. The number of rotatable bonds is 4. The number of halogens is 2. The van der Waals surface area contributed by atoms with E-state index in [0.717, 1.165) is 19.5 Å². The van der Waals surface area contributed by atoms with Crippen LogP contribution in [0.15, 0.2) is 50.4 Å². The van der Waals surface area contributed by atoms with E-state index in [-0.39, 0.29) is 26.2 Å². The first-order valence-electron chi connectivity index (χ1n) is 8.01. The van der Waals surface area contributed by atoms with Gasteiger partial charge in [-0.1, -0.05) is 0 Å². The molecule has 2 aromatic heterocycles. The molecule has 0 aliphatic carbocycles. The Morgan fingerprint density at radius 1 is 1.30 bits per heavy atom. The van der Waals surface area contributed by atoms with Crippen LogP contribution in [0, 0.1) is 5.82 Å². The minimum atomic E-state index is -4.22. The van der Waals surface area contributed by atoms with Crippen LogP contribution in [0.1, 0.15) is 17.0 Å². The van der Waals surface area contributed by atoms with Crippen molar-refractivity contribution in [3.63, 3.8) is 0 Å². The average molecular weight is 454 g/mol. The van der Waals surface area contributed by atoms with E-state index >= 15 is 0 Å². The number of anilines is 1. The number of nitrogens with zero attached hydrogens (tertiary/aromatic N) is 2. The topological polar surface area (TPSA) is 92.5 Å². The summed E-state index contributed by atoms with van der Waals surface area (Å²) in [6.45, 7) is 1.66. The maximum atomic E-state index is 14.3. The summed E-state index contributed by atoms with van der Waals surface area (Å²) >= 11 is 3.08. The van der Waals surface area contributed by atoms with Gasteiger partial charge < -0.3 is 9.32 Å². The molecule has 1 aliphatic rings. The highest BCUT2D eigenvalue weighted by Gasteiger charge is 2.25. The number of sulfonamides is 1. The van der Waals surface area contributed by atoms with Crippen LogP contribution >= 0.6 is 15.9 Å². The van der Waals surface area contributed by atoms with E-state index in [9.17, 15) is 17.6 Å². The number of furan rings is 1. The molecule has 10 heteroatoms. The lowest BCUT2D eigenvalue weighted by Crippen LogP contribution is -2.36. The second kappa shape index (κ2) is 6.61. The van der Waals surface area contributed by atoms with Crippen molar-refractivity contribution in [1.29, 1.82) is 0 Å². The molecule has 0 unspecified atom stereocenters. The largest absolute Gasteiger partial charge is 0.451 e. The second-order valence-electron chi connectivity index (χ2n) is 6.02. The molecular formula is C17H13BrFN3O4S. The molecule has 0 bridgehead atoms. The molecule has 3 aromatic rings. The molecule has 0 atom stereocenters. The number of carbonyl (C=O) groups is 1. The van der Waals surface area contributed by atoms with Crippen molar-refractivity contribution in [3.05, 3.63) is 52.6 Å². The van der Waals surface area contributed by atoms with Crippen LogP contribution in [0.25, 0.3) is 11.0 Å². The van der Waals surface area contributed by atoms with Gasteiger partial charge in [0.25, 0.3) is 10.0 Å². The molecule has 4 rings (SSSR count). The lowest BCUT2D eigenvalue weighted by atomic mass is 10.1. The number of benzene rings is 1. The highest BCUT2D eigenvalue weighted by molar-refractivity contribution is 9.10. The van der Waals surface area contributed by atoms with Crippen LogP contribution in [-0.4, -0.2) is 32.4 Å². The van der Waals surface area contributed by atoms with E-state index in [1.165, 1.54) is 24.4 Å². The van der Waals surface area contributed by atoms with Gasteiger partial charge in [-0.25, -0.2) is 14.1 Å². The van der Waals surface area contributed by atoms with Crippen molar-refractivity contribution in [2.24, 2.45) is 0 Å². The minimum Gasteiger partial charge on any atom is -0.451 e. The summed E-state index contributed by atoms with van der Waals surface area (Å²) in [7, 11) is -4.22. The third kappa shape index (κ3) is 3.30. The molecule has 1 aromatic carbocycles. The number of hydrogen-bond acceptors (Lipinski definition) is 6. The van der Waals surface area contributed by atoms with Gasteiger partial charge in [-0.2, -0.15) is 8.42 Å². The Balaban J connectivity index is 1.65. The van der Waals surface area contributed by atoms with Crippen molar-refractivity contribution < 1.29 is 22.0 Å². The van der Waals surface area contributed by atoms with Crippen LogP contribution in [0.2, 0.25) is 0 Å². The minimum absolute atomic E-state index is 0.112. The van der Waals surface area contributed by atoms with Gasteiger partial charge in [-0.15, -0.1) is 0 Å². The Morgan fingerprint density at radius 3 is 2.74 bits per heavy atom. The monoisotopic (exact) mass is 453 g/mol. The smallest absolute Gasteiger partial charge is 0.300 e. The van der Waals surface area contributed by atoms with E-state index in [1.807, 2.05) is 9.62 Å². The van der Waals surface area contributed by atoms with Crippen LogP contribution < -0.4 is 9.62 Å². The molecule has 0 radical (unpaired) electrons. The molecule has 1 fully saturated rings. The Labute approximate surface area is 162 Å². The van der Waals surface area contributed by atoms with Crippen molar-refractivity contribution in [1.82, 2.24) is 9.71 Å². The molecule has 1 aliphatic heterocycles. The molecule has 140 valence electrons. The summed E-state index contributed by atoms with van der Waals surface area (Å²) in [5.41, 5.74) is 0.844. The lowest BCUT2D eigenvalue weighted by molar-refractivity contribution is 0.0956. The third-order valence-corrected chi connectivity index (χ3v) is 6.41. The van der Waals surface area contributed by atoms with E-state index in [0.29, 0.717) is 5.69 Å². The molecule has 1 N–H and O–H groups in total. The van der Waals surface area contributed by atoms with Crippen LogP contribution in [0.3, 0.4) is 0 Å². The zero-order valence-electron chi connectivity index (χ0n) is 13.8. The molecule has 0 spiro atoms. The molecule has 27 heavy (non-hydrogen) atoms. The Morgan fingerprint density at radius 2 is 2.07 bits per heavy atom. The second-order valence-corrected chi connectivity index (χ2v) is 8.47. The summed E-state index contributed by atoms with van der Waals surface area (Å²) in [6, 6.07) is 7.23. The number of pyridine rings is 1. The number of carbonyl (C=O) groups excluding carboxylic acids is 1. The van der Waals surface area contributed by atoms with Crippen molar-refractivity contribution in [2.45, 2.75) is 11.4 Å². The number of aromatic nitrogens is 1. The third-order valence-electron chi connectivity index (χ3n) is 4.22. The first kappa shape index (κ1) is 17.9. The standard InChI is InChI=1S/C17H13BrFN3O4S/c18-12-3-1-4-20-17(12)27(24,25)21-16(23)15-9-11-13(19)7-10(8-14(11)26-15)22-5-2-6-22/h1,3-4,7-9H,2,5-6H2,(H,21,23). The molecule has 7 nitrogen and oxygen atoms in total. The van der Waals surface area contributed by atoms with Crippen molar-refractivity contribution >= 4 is 48.5 Å². The zero-order chi connectivity index (χ0) is 19.2. The van der Waals surface area contributed by atoms with Crippen molar-refractivity contribution in [3.8, 4) is 0 Å². The summed E-state index contributed by atoms with van der Waals surface area (Å²) in [4.78, 5) is 18.1. The predicted octanol–water partition coefficient (Wildman–Crippen LogP) is 3.06. The Bertz CT molecular complexity index is 1160. The maximum Gasteiger partial charge on any atom is 0.300 e. The summed E-state index contributed by atoms with van der Waals surface area (Å²) < 4.78 is 46.6. The molecule has 1 saturated heterocycles. The van der Waals surface area contributed by atoms with Gasteiger partial charge in [0.2, 0.25) is 0 Å². The number of fused-ring (bicyclic) bond motifs is 1. The highest BCUT2D eigenvalue weighted by atomic mass is 79.9. The van der Waals surface area contributed by atoms with Gasteiger partial charge in [0.05, 0.1) is 9.86 Å². The quantitative estimate of drug-likeness (QED) is 0.652. The molecular weight excluding hydrogens is 441 g/mol. The van der Waals surface area contributed by atoms with E-state index in [1.54, 1.807) is 12.1 Å². The normalized spacial score (nSPS) is 14.2. The van der Waals surface area contributed by atoms with Gasteiger partial charge in [0.15, 0.2) is 10.8 Å². The van der Waals surface area contributed by atoms with Gasteiger partial charge in [0, 0.05) is 37.1 Å². The van der Waals surface area contributed by atoms with Crippen molar-refractivity contribution in [2.75, 3.05) is 18.0 Å². The maximum absolute atomic E-state index is 14.3. The Hall–Kier alpha value is -2.46. The number of amides is 1. The molecule has 3 heterocycles. The fourth-order valence-corrected chi connectivity index (χ4v) is 4.60. The summed E-state index contributed by atoms with van der Waals surface area (Å²) in [6.07, 6.45) is 2.32. The van der Waals surface area contributed by atoms with E-state index in [4.69, 9.17) is 4.42 Å². The Kier molecular flexibility index (Phi) is 4.39. The van der Waals surface area contributed by atoms with Gasteiger partial charge in [-0.05, 0) is 40.5 Å². The fraction of sp³-hybridized carbons (Fsp3) is 0.176. The van der Waals surface area contributed by atoms with Crippen LogP contribution in [0.5, 0.6) is 0 Å². The van der Waals surface area contributed by atoms with Crippen LogP contribution in [-0.2, 0) is 10.0 Å². The number of hydrogen-bond donors (Lipinski definition) is 1. The van der Waals surface area contributed by atoms with Gasteiger partial charge in [-0.3, -0.25) is 4.79 Å². The molecule has 1 amide bonds. The predicted molar refractivity (Wildman–Crippen MR) is 99.6 cm³/mol. The first-order valence-corrected chi connectivity index (χ1v) is 10.3. The first-order chi connectivity index (χ1) is 12.8. The fourth-order valence-electron chi connectivity index (χ4n) is 2.74. The summed E-state index contributed by atoms with van der Waals surface area (Å²) in [5.74, 6) is -1.85. The molecule has 0 saturated carbocycles. The highest BCUT2D eigenvalue weighted by Crippen LogP contribution is 2.30.